The lowest BCUT2D eigenvalue weighted by Gasteiger charge is -2.25. The predicted molar refractivity (Wildman–Crippen MR) is 80.4 cm³/mol. The van der Waals surface area contributed by atoms with Crippen LogP contribution in [0.2, 0.25) is 0 Å². The first-order valence-electron chi connectivity index (χ1n) is 6.78. The van der Waals surface area contributed by atoms with Gasteiger partial charge in [0.1, 0.15) is 0 Å². The molecule has 0 spiro atoms. The molecule has 0 heterocycles. The maximum Gasteiger partial charge on any atom is 0.282 e. The standard InChI is InChI=1S/C15H19N3O3/c1-11(2)10-17(8-4-7-16)13-5-6-14(12(3)19)15(9-13)18(20)21/h5-6,9,11H,4,8,10H2,1-3H3. The van der Waals surface area contributed by atoms with Crippen molar-refractivity contribution in [3.05, 3.63) is 33.9 Å². The van der Waals surface area contributed by atoms with Gasteiger partial charge in [-0.2, -0.15) is 5.26 Å². The Morgan fingerprint density at radius 2 is 2.14 bits per heavy atom. The summed E-state index contributed by atoms with van der Waals surface area (Å²) in [5, 5.41) is 19.8. The van der Waals surface area contributed by atoms with Gasteiger partial charge < -0.3 is 4.90 Å². The monoisotopic (exact) mass is 289 g/mol. The third kappa shape index (κ3) is 4.56. The van der Waals surface area contributed by atoms with Gasteiger partial charge in [0.2, 0.25) is 0 Å². The molecule has 0 saturated heterocycles. The molecular weight excluding hydrogens is 270 g/mol. The summed E-state index contributed by atoms with van der Waals surface area (Å²) in [5.41, 5.74) is 0.579. The number of benzene rings is 1. The van der Waals surface area contributed by atoms with Crippen LogP contribution >= 0.6 is 0 Å². The molecule has 0 unspecified atom stereocenters. The number of carbonyl (C=O) groups is 1. The van der Waals surface area contributed by atoms with E-state index in [0.29, 0.717) is 31.1 Å². The van der Waals surface area contributed by atoms with Gasteiger partial charge >= 0.3 is 0 Å². The molecule has 0 radical (unpaired) electrons. The molecule has 1 aromatic carbocycles. The Kier molecular flexibility index (Phi) is 5.85. The average molecular weight is 289 g/mol. The van der Waals surface area contributed by atoms with Crippen molar-refractivity contribution in [1.82, 2.24) is 0 Å². The van der Waals surface area contributed by atoms with Crippen molar-refractivity contribution in [2.24, 2.45) is 5.92 Å². The molecular formula is C15H19N3O3. The van der Waals surface area contributed by atoms with Crippen LogP contribution in [0.15, 0.2) is 18.2 Å². The van der Waals surface area contributed by atoms with Gasteiger partial charge in [-0.3, -0.25) is 14.9 Å². The van der Waals surface area contributed by atoms with Crippen LogP contribution in [0.3, 0.4) is 0 Å². The Morgan fingerprint density at radius 3 is 2.62 bits per heavy atom. The SMILES string of the molecule is CC(=O)c1ccc(N(CCC#N)CC(C)C)cc1[N+](=O)[O-]. The van der Waals surface area contributed by atoms with Crippen molar-refractivity contribution in [3.8, 4) is 6.07 Å². The fourth-order valence-electron chi connectivity index (χ4n) is 2.12. The van der Waals surface area contributed by atoms with Crippen LogP contribution in [0.25, 0.3) is 0 Å². The van der Waals surface area contributed by atoms with E-state index in [1.165, 1.54) is 19.1 Å². The summed E-state index contributed by atoms with van der Waals surface area (Å²) in [7, 11) is 0. The van der Waals surface area contributed by atoms with Crippen LogP contribution in [-0.2, 0) is 0 Å². The van der Waals surface area contributed by atoms with Gasteiger partial charge in [0, 0.05) is 24.8 Å². The van der Waals surface area contributed by atoms with E-state index in [1.54, 1.807) is 6.07 Å². The van der Waals surface area contributed by atoms with Crippen LogP contribution in [0.4, 0.5) is 11.4 Å². The van der Waals surface area contributed by atoms with Gasteiger partial charge in [-0.05, 0) is 25.0 Å². The number of hydrogen-bond acceptors (Lipinski definition) is 5. The number of nitro groups is 1. The van der Waals surface area contributed by atoms with Gasteiger partial charge in [0.15, 0.2) is 5.78 Å². The molecule has 0 aliphatic heterocycles. The lowest BCUT2D eigenvalue weighted by Crippen LogP contribution is -2.28. The first kappa shape index (κ1) is 16.6. The fourth-order valence-corrected chi connectivity index (χ4v) is 2.12. The maximum absolute atomic E-state index is 11.4. The molecule has 0 aromatic heterocycles. The summed E-state index contributed by atoms with van der Waals surface area (Å²) in [6.45, 7) is 6.59. The Hall–Kier alpha value is -2.42. The lowest BCUT2D eigenvalue weighted by atomic mass is 10.1. The summed E-state index contributed by atoms with van der Waals surface area (Å²) in [6.07, 6.45) is 0.342. The van der Waals surface area contributed by atoms with Crippen molar-refractivity contribution >= 4 is 17.2 Å². The van der Waals surface area contributed by atoms with Gasteiger partial charge in [0.05, 0.1) is 23.0 Å². The minimum Gasteiger partial charge on any atom is -0.370 e. The van der Waals surface area contributed by atoms with E-state index in [9.17, 15) is 14.9 Å². The molecule has 1 aromatic rings. The van der Waals surface area contributed by atoms with Crippen molar-refractivity contribution in [2.75, 3.05) is 18.0 Å². The molecule has 21 heavy (non-hydrogen) atoms. The Bertz CT molecular complexity index is 576. The zero-order valence-corrected chi connectivity index (χ0v) is 12.5. The molecule has 0 fully saturated rings. The lowest BCUT2D eigenvalue weighted by molar-refractivity contribution is -0.385. The van der Waals surface area contributed by atoms with E-state index < -0.39 is 4.92 Å². The maximum atomic E-state index is 11.4. The highest BCUT2D eigenvalue weighted by Crippen LogP contribution is 2.26. The highest BCUT2D eigenvalue weighted by atomic mass is 16.6. The molecule has 0 aliphatic carbocycles. The Labute approximate surface area is 124 Å². The van der Waals surface area contributed by atoms with E-state index in [4.69, 9.17) is 5.26 Å². The van der Waals surface area contributed by atoms with Gasteiger partial charge in [-0.25, -0.2) is 0 Å². The number of rotatable bonds is 7. The number of carbonyl (C=O) groups excluding carboxylic acids is 1. The normalized spacial score (nSPS) is 10.2. The molecule has 6 nitrogen and oxygen atoms in total. The van der Waals surface area contributed by atoms with Crippen molar-refractivity contribution in [3.63, 3.8) is 0 Å². The van der Waals surface area contributed by atoms with E-state index in [1.807, 2.05) is 18.7 Å². The second-order valence-electron chi connectivity index (χ2n) is 5.26. The van der Waals surface area contributed by atoms with Crippen LogP contribution in [0.5, 0.6) is 0 Å². The fraction of sp³-hybridized carbons (Fsp3) is 0.467. The second-order valence-corrected chi connectivity index (χ2v) is 5.26. The third-order valence-corrected chi connectivity index (χ3v) is 3.00. The first-order valence-corrected chi connectivity index (χ1v) is 6.78. The smallest absolute Gasteiger partial charge is 0.282 e. The summed E-state index contributed by atoms with van der Waals surface area (Å²) in [6, 6.07) is 6.67. The highest BCUT2D eigenvalue weighted by molar-refractivity contribution is 5.98. The van der Waals surface area contributed by atoms with Crippen molar-refractivity contribution < 1.29 is 9.72 Å². The first-order chi connectivity index (χ1) is 9.86. The zero-order chi connectivity index (χ0) is 16.0. The molecule has 1 rings (SSSR count). The molecule has 0 N–H and O–H groups in total. The Morgan fingerprint density at radius 1 is 1.48 bits per heavy atom. The minimum atomic E-state index is -0.544. The number of nitriles is 1. The van der Waals surface area contributed by atoms with E-state index >= 15 is 0 Å². The molecule has 6 heteroatoms. The number of anilines is 1. The van der Waals surface area contributed by atoms with E-state index in [-0.39, 0.29) is 17.0 Å². The number of nitrogens with zero attached hydrogens (tertiary/aromatic N) is 3. The summed E-state index contributed by atoms with van der Waals surface area (Å²) < 4.78 is 0. The predicted octanol–water partition coefficient (Wildman–Crippen LogP) is 3.17. The molecule has 0 aliphatic rings. The number of nitro benzene ring substituents is 1. The van der Waals surface area contributed by atoms with Crippen LogP contribution in [0, 0.1) is 27.4 Å². The van der Waals surface area contributed by atoms with Crippen LogP contribution < -0.4 is 4.90 Å². The van der Waals surface area contributed by atoms with Crippen molar-refractivity contribution in [1.29, 1.82) is 5.26 Å². The summed E-state index contributed by atoms with van der Waals surface area (Å²) in [5.74, 6) is 0.0240. The molecule has 0 bridgehead atoms. The van der Waals surface area contributed by atoms with Crippen LogP contribution in [-0.4, -0.2) is 23.8 Å². The number of ketones is 1. The number of hydrogen-bond donors (Lipinski definition) is 0. The molecule has 0 amide bonds. The minimum absolute atomic E-state index is 0.105. The third-order valence-electron chi connectivity index (χ3n) is 3.00. The molecule has 0 atom stereocenters. The number of Topliss-reactive ketones (excluding diaryl/α,β-unsaturated/α-hetero) is 1. The highest BCUT2D eigenvalue weighted by Gasteiger charge is 2.20. The van der Waals surface area contributed by atoms with Gasteiger partial charge in [-0.1, -0.05) is 13.8 Å². The van der Waals surface area contributed by atoms with Gasteiger partial charge in [0.25, 0.3) is 5.69 Å². The van der Waals surface area contributed by atoms with Crippen molar-refractivity contribution in [2.45, 2.75) is 27.2 Å². The zero-order valence-electron chi connectivity index (χ0n) is 12.5. The quantitative estimate of drug-likeness (QED) is 0.437. The summed E-state index contributed by atoms with van der Waals surface area (Å²) in [4.78, 5) is 24.0. The van der Waals surface area contributed by atoms with Gasteiger partial charge in [-0.15, -0.1) is 0 Å². The average Bonchev–Trinajstić information content (AvgIpc) is 2.42. The van der Waals surface area contributed by atoms with Crippen LogP contribution in [0.1, 0.15) is 37.6 Å². The molecule has 0 saturated carbocycles. The second kappa shape index (κ2) is 7.39. The van der Waals surface area contributed by atoms with E-state index in [2.05, 4.69) is 6.07 Å². The largest absolute Gasteiger partial charge is 0.370 e. The summed E-state index contributed by atoms with van der Waals surface area (Å²) >= 11 is 0. The topological polar surface area (TPSA) is 87.2 Å². The molecule has 112 valence electrons. The Balaban J connectivity index is 3.20. The van der Waals surface area contributed by atoms with E-state index in [0.717, 1.165) is 0 Å².